The number of nitrogens with two attached hydrogens (primary N) is 2. The maximum Gasteiger partial charge on any atom is 0.323 e. The molecule has 0 heterocycles. The number of allylic oxidation sites excluding steroid dienone is 3. The van der Waals surface area contributed by atoms with E-state index in [9.17, 15) is 28.8 Å². The van der Waals surface area contributed by atoms with Crippen LogP contribution in [0.1, 0.15) is 287 Å². The van der Waals surface area contributed by atoms with Gasteiger partial charge in [-0.1, -0.05) is 262 Å². The number of rotatable bonds is 61. The summed E-state index contributed by atoms with van der Waals surface area (Å²) in [6.07, 6.45) is 50.4. The Bertz CT molecular complexity index is 1680. The second-order valence-electron chi connectivity index (χ2n) is 22.9. The van der Waals surface area contributed by atoms with E-state index in [1.54, 1.807) is 38.6 Å². The van der Waals surface area contributed by atoms with Crippen molar-refractivity contribution in [2.75, 3.05) is 68.6 Å². The molecule has 19 heteroatoms. The molecule has 0 fully saturated rings. The molecular weight excluding hydrogens is 1220 g/mol. The molecule has 0 spiro atoms. The van der Waals surface area contributed by atoms with Gasteiger partial charge in [0.2, 0.25) is 5.12 Å². The van der Waals surface area contributed by atoms with Gasteiger partial charge in [0.05, 0.1) is 45.2 Å². The number of carbonyl (C=O) groups is 6. The van der Waals surface area contributed by atoms with E-state index in [2.05, 4.69) is 33.4 Å². The molecule has 0 aromatic heterocycles. The third-order valence-electron chi connectivity index (χ3n) is 14.3. The fraction of sp³-hybridized carbons (Fsp3) is 0.857. The molecule has 0 saturated heterocycles. The molecule has 89 heavy (non-hydrogen) atoms. The van der Waals surface area contributed by atoms with Crippen LogP contribution < -0.4 is 11.5 Å². The Hall–Kier alpha value is -1.71. The van der Waals surface area contributed by atoms with Gasteiger partial charge in [-0.15, -0.1) is 0 Å². The van der Waals surface area contributed by atoms with Crippen LogP contribution in [0.5, 0.6) is 0 Å². The van der Waals surface area contributed by atoms with E-state index < -0.39 is 18.2 Å². The summed E-state index contributed by atoms with van der Waals surface area (Å²) in [5, 5.41) is 0.159. The number of ether oxygens (including phenoxy) is 6. The fourth-order valence-corrected chi connectivity index (χ4v) is 13.1. The van der Waals surface area contributed by atoms with Crippen molar-refractivity contribution in [2.45, 2.75) is 309 Å². The Balaban J connectivity index is -0.00000156. The lowest BCUT2D eigenvalue weighted by Crippen LogP contribution is -2.35. The van der Waals surface area contributed by atoms with E-state index in [1.165, 1.54) is 209 Å². The molecule has 0 aromatic rings. The Morgan fingerprint density at radius 2 is 0.910 bits per heavy atom. The first-order valence-electron chi connectivity index (χ1n) is 35.0. The molecule has 0 aromatic carbocycles. The highest BCUT2D eigenvalue weighted by atomic mass is 32.2. The minimum Gasteiger partial charge on any atom is -0.466 e. The van der Waals surface area contributed by atoms with Gasteiger partial charge in [-0.05, 0) is 53.0 Å². The molecule has 4 N–H and O–H groups in total. The lowest BCUT2D eigenvalue weighted by molar-refractivity contribution is -0.147. The highest BCUT2D eigenvalue weighted by Gasteiger charge is 2.23. The summed E-state index contributed by atoms with van der Waals surface area (Å²) in [6.45, 7) is 18.2. The van der Waals surface area contributed by atoms with Crippen LogP contribution in [0.15, 0.2) is 24.3 Å². The van der Waals surface area contributed by atoms with Gasteiger partial charge in [-0.2, -0.15) is 36.2 Å². The Kier molecular flexibility index (Phi) is 75.8. The van der Waals surface area contributed by atoms with Gasteiger partial charge in [0.1, 0.15) is 19.1 Å². The first kappa shape index (κ1) is 91.5. The largest absolute Gasteiger partial charge is 0.466 e. The van der Waals surface area contributed by atoms with Gasteiger partial charge >= 0.3 is 23.9 Å². The topological polar surface area (TPSA) is 210 Å². The SMILES string of the molecule is C/C=C/C=C/C(=O)SCCC(=O)OCCCCCCCCCCCCCCCCCC.CCCCCCCCCCCCCCCCCCOC(=O)CCSC(=O)CC(CC(C)SCC(N)OCOCC)SCC(N)C(=O)OCC.CCOC(=O)C(C)CS. The first-order chi connectivity index (χ1) is 43.1. The van der Waals surface area contributed by atoms with E-state index >= 15 is 0 Å². The van der Waals surface area contributed by atoms with Crippen LogP contribution in [-0.2, 0) is 57.2 Å². The standard InChI is InChI=1S/C37H72N2O7S3.C27H48O3S.C6H12O2S/c1-5-8-9-10-11-12-13-14-15-16-17-18-19-20-21-22-24-45-35(40)23-25-47-36(41)27-32(49-28-33(38)37(42)44-7-3)26-31(4)48-29-34(39)46-30-43-6-2;1-3-5-7-8-9-10-11-12-13-14-15-16-17-18-19-21-24-30-26(28)23-25-31-27(29)22-20-6-4-2;1-3-8-6(7)5(2)4-9/h31-34H,5-30,38-39H2,1-4H3;4,6,20,22H,3,5,7-19,21,23-25H2,1-2H3;5,9H,3-4H2,1-2H3/b;6-4+,22-20+;. The number of unbranched alkanes of at least 4 members (excludes halogenated alkanes) is 30. The predicted octanol–water partition coefficient (Wildman–Crippen LogP) is 18.3. The van der Waals surface area contributed by atoms with Crippen molar-refractivity contribution in [3.63, 3.8) is 0 Å². The van der Waals surface area contributed by atoms with E-state index in [0.717, 1.165) is 43.9 Å². The van der Waals surface area contributed by atoms with E-state index in [1.807, 2.05) is 26.0 Å². The highest BCUT2D eigenvalue weighted by molar-refractivity contribution is 8.14. The molecule has 0 saturated carbocycles. The van der Waals surface area contributed by atoms with Gasteiger partial charge in [-0.25, -0.2) is 0 Å². The predicted molar refractivity (Wildman–Crippen MR) is 386 cm³/mol. The summed E-state index contributed by atoms with van der Waals surface area (Å²) in [5.74, 6) is 1.27. The molecule has 5 unspecified atom stereocenters. The van der Waals surface area contributed by atoms with Gasteiger partial charge in [0.25, 0.3) is 0 Å². The van der Waals surface area contributed by atoms with Crippen molar-refractivity contribution in [1.82, 2.24) is 0 Å². The van der Waals surface area contributed by atoms with E-state index in [0.29, 0.717) is 68.0 Å². The summed E-state index contributed by atoms with van der Waals surface area (Å²) < 4.78 is 31.0. The zero-order valence-corrected chi connectivity index (χ0v) is 61.7. The first-order valence-corrected chi connectivity index (χ1v) is 39.7. The van der Waals surface area contributed by atoms with E-state index in [-0.39, 0.29) is 64.4 Å². The molecule has 14 nitrogen and oxygen atoms in total. The van der Waals surface area contributed by atoms with Crippen LogP contribution in [0.25, 0.3) is 0 Å². The number of thioether (sulfide) groups is 4. The monoisotopic (exact) mass is 1350 g/mol. The normalized spacial score (nSPS) is 13.0. The van der Waals surface area contributed by atoms with Crippen molar-refractivity contribution < 1.29 is 57.2 Å². The molecule has 0 amide bonds. The van der Waals surface area contributed by atoms with Gasteiger partial charge in [0, 0.05) is 52.3 Å². The highest BCUT2D eigenvalue weighted by Crippen LogP contribution is 2.29. The third-order valence-corrected chi connectivity index (χ3v) is 19.3. The molecule has 0 bridgehead atoms. The summed E-state index contributed by atoms with van der Waals surface area (Å²) in [4.78, 5) is 71.0. The Labute approximate surface area is 567 Å². The zero-order valence-electron chi connectivity index (χ0n) is 57.6. The van der Waals surface area contributed by atoms with Crippen molar-refractivity contribution in [3.8, 4) is 0 Å². The number of hydrogen-bond donors (Lipinski definition) is 3. The molecule has 0 radical (unpaired) electrons. The van der Waals surface area contributed by atoms with Crippen LogP contribution in [0.3, 0.4) is 0 Å². The summed E-state index contributed by atoms with van der Waals surface area (Å²) >= 11 is 9.45. The maximum atomic E-state index is 12.9. The molecule has 0 aliphatic heterocycles. The average molecular weight is 1350 g/mol. The second-order valence-corrected chi connectivity index (χ2v) is 28.3. The van der Waals surface area contributed by atoms with Gasteiger partial charge in [0.15, 0.2) is 5.12 Å². The smallest absolute Gasteiger partial charge is 0.323 e. The Morgan fingerprint density at radius 3 is 1.31 bits per heavy atom. The van der Waals surface area contributed by atoms with Crippen LogP contribution in [0.4, 0.5) is 0 Å². The fourth-order valence-electron chi connectivity index (χ4n) is 8.93. The zero-order chi connectivity index (χ0) is 66.5. The van der Waals surface area contributed by atoms with Crippen LogP contribution in [-0.4, -0.2) is 125 Å². The third kappa shape index (κ3) is 72.0. The second kappa shape index (κ2) is 73.7. The number of carbonyl (C=O) groups excluding carboxylic acids is 6. The Morgan fingerprint density at radius 1 is 0.494 bits per heavy atom. The van der Waals surface area contributed by atoms with Crippen molar-refractivity contribution in [1.29, 1.82) is 0 Å². The molecule has 0 rings (SSSR count). The average Bonchev–Trinajstić information content (AvgIpc) is 3.70. The molecule has 5 atom stereocenters. The summed E-state index contributed by atoms with van der Waals surface area (Å²) in [6, 6.07) is -0.748. The van der Waals surface area contributed by atoms with Crippen molar-refractivity contribution in [2.24, 2.45) is 17.4 Å². The lowest BCUT2D eigenvalue weighted by atomic mass is 10.0. The van der Waals surface area contributed by atoms with Crippen molar-refractivity contribution >= 4 is 93.8 Å². The molecule has 0 aliphatic carbocycles. The van der Waals surface area contributed by atoms with Gasteiger partial charge in [-0.3, -0.25) is 28.8 Å². The number of hydrogen-bond acceptors (Lipinski definition) is 19. The summed E-state index contributed by atoms with van der Waals surface area (Å²) in [5.41, 5.74) is 12.0. The minimum absolute atomic E-state index is 0.0155. The van der Waals surface area contributed by atoms with Crippen molar-refractivity contribution in [3.05, 3.63) is 24.3 Å². The van der Waals surface area contributed by atoms with Gasteiger partial charge < -0.3 is 39.9 Å². The van der Waals surface area contributed by atoms with Crippen LogP contribution in [0, 0.1) is 5.92 Å². The quantitative estimate of drug-likeness (QED) is 0.00983. The maximum absolute atomic E-state index is 12.9. The van der Waals surface area contributed by atoms with E-state index in [4.69, 9.17) is 39.9 Å². The van der Waals surface area contributed by atoms with Crippen LogP contribution >= 0.6 is 59.7 Å². The minimum atomic E-state index is -0.748. The lowest BCUT2D eigenvalue weighted by Gasteiger charge is -2.22. The molecule has 0 aliphatic rings. The number of esters is 4. The molecule has 524 valence electrons. The molecular formula is C70H132N2O12S5. The summed E-state index contributed by atoms with van der Waals surface area (Å²) in [7, 11) is 0. The van der Waals surface area contributed by atoms with Crippen LogP contribution in [0.2, 0.25) is 0 Å². The number of thiol groups is 1.